The molecule has 1 aromatic rings. The van der Waals surface area contributed by atoms with Gasteiger partial charge >= 0.3 is 0 Å². The largest absolute Gasteiger partial charge is 0.369 e. The van der Waals surface area contributed by atoms with E-state index in [9.17, 15) is 9.18 Å². The molecule has 0 aliphatic rings. The highest BCUT2D eigenvalue weighted by atomic mass is 32.1. The number of aromatic nitrogens is 2. The van der Waals surface area contributed by atoms with Gasteiger partial charge in [-0.2, -0.15) is 0 Å². The van der Waals surface area contributed by atoms with Crippen LogP contribution in [-0.2, 0) is 11.3 Å². The molecule has 0 spiro atoms. The fraction of sp³-hybridized carbons (Fsp3) is 0.600. The van der Waals surface area contributed by atoms with Gasteiger partial charge in [-0.05, 0) is 25.6 Å². The van der Waals surface area contributed by atoms with Gasteiger partial charge in [-0.3, -0.25) is 4.79 Å². The normalized spacial score (nSPS) is 12.7. The number of nitrogens with one attached hydrogen (secondary N) is 1. The van der Waals surface area contributed by atoms with E-state index in [2.05, 4.69) is 4.98 Å². The van der Waals surface area contributed by atoms with Crippen LogP contribution in [0.2, 0.25) is 0 Å². The quantitative estimate of drug-likeness (QED) is 0.777. The van der Waals surface area contributed by atoms with E-state index in [1.165, 1.54) is 0 Å². The minimum Gasteiger partial charge on any atom is -0.369 e. The van der Waals surface area contributed by atoms with Crippen molar-refractivity contribution in [2.24, 2.45) is 5.73 Å². The zero-order valence-electron chi connectivity index (χ0n) is 9.42. The maximum Gasteiger partial charge on any atom is 0.226 e. The van der Waals surface area contributed by atoms with Crippen molar-refractivity contribution < 1.29 is 9.18 Å². The van der Waals surface area contributed by atoms with Gasteiger partial charge in [0.15, 0.2) is 4.77 Å². The highest BCUT2D eigenvalue weighted by molar-refractivity contribution is 7.71. The summed E-state index contributed by atoms with van der Waals surface area (Å²) in [6.45, 7) is 3.40. The number of H-pyrrole nitrogens is 1. The van der Waals surface area contributed by atoms with Gasteiger partial charge in [0.1, 0.15) is 6.67 Å². The van der Waals surface area contributed by atoms with Crippen molar-refractivity contribution in [2.45, 2.75) is 32.7 Å². The lowest BCUT2D eigenvalue weighted by Crippen LogP contribution is -2.22. The Bertz CT molecular complexity index is 438. The van der Waals surface area contributed by atoms with Gasteiger partial charge in [0.2, 0.25) is 5.91 Å². The van der Waals surface area contributed by atoms with Gasteiger partial charge in [-0.15, -0.1) is 0 Å². The molecular weight excluding hydrogens is 229 g/mol. The summed E-state index contributed by atoms with van der Waals surface area (Å²) in [7, 11) is 0. The molecule has 1 amide bonds. The van der Waals surface area contributed by atoms with Crippen LogP contribution in [0.15, 0.2) is 0 Å². The Morgan fingerprint density at radius 3 is 2.75 bits per heavy atom. The second kappa shape index (κ2) is 5.25. The Kier molecular flexibility index (Phi) is 4.23. The highest BCUT2D eigenvalue weighted by Gasteiger charge is 2.21. The number of carbonyl (C=O) groups excluding carboxylic acids is 1. The third-order valence-electron chi connectivity index (χ3n) is 2.69. The van der Waals surface area contributed by atoms with Gasteiger partial charge in [0, 0.05) is 11.4 Å². The molecule has 1 aromatic heterocycles. The minimum atomic E-state index is -0.486. The summed E-state index contributed by atoms with van der Waals surface area (Å²) < 4.78 is 14.4. The Hall–Kier alpha value is -1.17. The first kappa shape index (κ1) is 12.9. The molecule has 0 radical (unpaired) electrons. The molecule has 1 unspecified atom stereocenters. The molecule has 0 aromatic carbocycles. The van der Waals surface area contributed by atoms with Crippen molar-refractivity contribution in [3.63, 3.8) is 0 Å². The number of halogens is 1. The average Bonchev–Trinajstić information content (AvgIpc) is 2.47. The molecule has 1 atom stereocenters. The van der Waals surface area contributed by atoms with E-state index in [0.29, 0.717) is 16.9 Å². The zero-order valence-corrected chi connectivity index (χ0v) is 10.2. The lowest BCUT2D eigenvalue weighted by atomic mass is 10.0. The molecule has 0 fully saturated rings. The van der Waals surface area contributed by atoms with Gasteiger partial charge < -0.3 is 15.3 Å². The van der Waals surface area contributed by atoms with Crippen LogP contribution in [0.1, 0.15) is 30.7 Å². The molecule has 3 N–H and O–H groups in total. The van der Waals surface area contributed by atoms with Crippen LogP contribution in [0.4, 0.5) is 4.39 Å². The molecule has 1 heterocycles. The third-order valence-corrected chi connectivity index (χ3v) is 3.01. The molecule has 0 saturated heterocycles. The number of nitrogens with two attached hydrogens (primary N) is 1. The monoisotopic (exact) mass is 245 g/mol. The Labute approximate surface area is 98.7 Å². The summed E-state index contributed by atoms with van der Waals surface area (Å²) in [5.74, 6) is -0.781. The van der Waals surface area contributed by atoms with E-state index in [1.54, 1.807) is 4.57 Å². The molecule has 0 aliphatic heterocycles. The SMILES string of the molecule is CCC(C(N)=O)c1[nH]c(=S)n(CCF)c1C. The summed E-state index contributed by atoms with van der Waals surface area (Å²) in [6.07, 6.45) is 0.598. The number of rotatable bonds is 5. The molecule has 0 bridgehead atoms. The van der Waals surface area contributed by atoms with Crippen LogP contribution in [0.25, 0.3) is 0 Å². The van der Waals surface area contributed by atoms with E-state index in [0.717, 1.165) is 5.69 Å². The molecule has 1 rings (SSSR count). The maximum absolute atomic E-state index is 12.3. The number of hydrogen-bond donors (Lipinski definition) is 2. The Morgan fingerprint density at radius 2 is 2.31 bits per heavy atom. The van der Waals surface area contributed by atoms with Crippen LogP contribution < -0.4 is 5.73 Å². The molecule has 0 aliphatic carbocycles. The minimum absolute atomic E-state index is 0.205. The number of imidazole rings is 1. The number of primary amides is 1. The summed E-state index contributed by atoms with van der Waals surface area (Å²) in [6, 6.07) is 0. The lowest BCUT2D eigenvalue weighted by molar-refractivity contribution is -0.119. The number of nitrogens with zero attached hydrogens (tertiary/aromatic N) is 1. The summed E-state index contributed by atoms with van der Waals surface area (Å²) in [4.78, 5) is 14.2. The zero-order chi connectivity index (χ0) is 12.3. The highest BCUT2D eigenvalue weighted by Crippen LogP contribution is 2.21. The lowest BCUT2D eigenvalue weighted by Gasteiger charge is -2.10. The molecule has 90 valence electrons. The van der Waals surface area contributed by atoms with E-state index < -0.39 is 12.6 Å². The molecular formula is C10H16FN3OS. The third kappa shape index (κ3) is 2.32. The van der Waals surface area contributed by atoms with Gasteiger partial charge in [-0.25, -0.2) is 4.39 Å². The first-order valence-electron chi connectivity index (χ1n) is 5.17. The van der Waals surface area contributed by atoms with Crippen molar-refractivity contribution in [1.29, 1.82) is 0 Å². The first-order chi connectivity index (χ1) is 7.52. The molecule has 6 heteroatoms. The second-order valence-electron chi connectivity index (χ2n) is 3.63. The van der Waals surface area contributed by atoms with Crippen molar-refractivity contribution in [1.82, 2.24) is 9.55 Å². The fourth-order valence-corrected chi connectivity index (χ4v) is 2.15. The molecule has 4 nitrogen and oxygen atoms in total. The average molecular weight is 245 g/mol. The standard InChI is InChI=1S/C10H16FN3OS/c1-3-7(9(12)15)8-6(2)14(5-4-11)10(16)13-8/h7H,3-5H2,1-2H3,(H2,12,15)(H,13,16). The van der Waals surface area contributed by atoms with Gasteiger partial charge in [-0.1, -0.05) is 6.92 Å². The van der Waals surface area contributed by atoms with Crippen molar-refractivity contribution >= 4 is 18.1 Å². The fourth-order valence-electron chi connectivity index (χ4n) is 1.81. The molecule has 0 saturated carbocycles. The second-order valence-corrected chi connectivity index (χ2v) is 4.02. The first-order valence-corrected chi connectivity index (χ1v) is 5.58. The number of aromatic amines is 1. The summed E-state index contributed by atoms with van der Waals surface area (Å²) in [5, 5.41) is 0. The maximum atomic E-state index is 12.3. The van der Waals surface area contributed by atoms with Gasteiger partial charge in [0.25, 0.3) is 0 Å². The Morgan fingerprint density at radius 1 is 1.69 bits per heavy atom. The van der Waals surface area contributed by atoms with Crippen molar-refractivity contribution in [3.05, 3.63) is 16.2 Å². The number of hydrogen-bond acceptors (Lipinski definition) is 2. The predicted molar refractivity (Wildman–Crippen MR) is 62.6 cm³/mol. The van der Waals surface area contributed by atoms with Crippen LogP contribution >= 0.6 is 12.2 Å². The van der Waals surface area contributed by atoms with Crippen LogP contribution in [0.5, 0.6) is 0 Å². The smallest absolute Gasteiger partial charge is 0.226 e. The van der Waals surface area contributed by atoms with Gasteiger partial charge in [0.05, 0.1) is 12.5 Å². The predicted octanol–water partition coefficient (Wildman–Crippen LogP) is 1.80. The topological polar surface area (TPSA) is 63.8 Å². The van der Waals surface area contributed by atoms with E-state index >= 15 is 0 Å². The van der Waals surface area contributed by atoms with Crippen LogP contribution in [-0.4, -0.2) is 22.1 Å². The van der Waals surface area contributed by atoms with Crippen molar-refractivity contribution in [2.75, 3.05) is 6.67 Å². The van der Waals surface area contributed by atoms with Crippen LogP contribution in [0, 0.1) is 11.7 Å². The number of alkyl halides is 1. The summed E-state index contributed by atoms with van der Waals surface area (Å²) in [5.41, 5.74) is 6.79. The Balaban J connectivity index is 3.20. The van der Waals surface area contributed by atoms with Crippen molar-refractivity contribution in [3.8, 4) is 0 Å². The molecule has 16 heavy (non-hydrogen) atoms. The van der Waals surface area contributed by atoms with E-state index in [4.69, 9.17) is 18.0 Å². The number of amides is 1. The summed E-state index contributed by atoms with van der Waals surface area (Å²) >= 11 is 5.07. The van der Waals surface area contributed by atoms with E-state index in [1.807, 2.05) is 13.8 Å². The van der Waals surface area contributed by atoms with Crippen LogP contribution in [0.3, 0.4) is 0 Å². The number of carbonyl (C=O) groups is 1. The van der Waals surface area contributed by atoms with E-state index in [-0.39, 0.29) is 12.5 Å².